The van der Waals surface area contributed by atoms with E-state index in [4.69, 9.17) is 16.3 Å². The third-order valence-electron chi connectivity index (χ3n) is 2.81. The maximum atomic E-state index is 11.6. The Hall–Kier alpha value is -1.22. The lowest BCUT2D eigenvalue weighted by atomic mass is 10.1. The minimum absolute atomic E-state index is 0.372. The van der Waals surface area contributed by atoms with Gasteiger partial charge >= 0.3 is 5.97 Å². The number of halogens is 1. The summed E-state index contributed by atoms with van der Waals surface area (Å²) in [7, 11) is 1.37. The van der Waals surface area contributed by atoms with Crippen LogP contribution in [0.15, 0.2) is 18.2 Å². The highest BCUT2D eigenvalue weighted by Crippen LogP contribution is 2.22. The lowest BCUT2D eigenvalue weighted by molar-refractivity contribution is 0.0602. The lowest BCUT2D eigenvalue weighted by Crippen LogP contribution is -2.14. The molecule has 0 aliphatic heterocycles. The molecular formula is C14H20ClNO2. The smallest absolute Gasteiger partial charge is 0.340 e. The Kier molecular flexibility index (Phi) is 5.99. The molecule has 0 amide bonds. The van der Waals surface area contributed by atoms with Crippen molar-refractivity contribution in [3.63, 3.8) is 0 Å². The normalized spacial score (nSPS) is 12.0. The van der Waals surface area contributed by atoms with Crippen LogP contribution in [0.25, 0.3) is 0 Å². The molecule has 1 unspecified atom stereocenters. The second-order valence-corrected chi connectivity index (χ2v) is 4.89. The second-order valence-electron chi connectivity index (χ2n) is 4.46. The van der Waals surface area contributed by atoms with Crippen LogP contribution in [0.5, 0.6) is 0 Å². The maximum absolute atomic E-state index is 11.6. The highest BCUT2D eigenvalue weighted by Gasteiger charge is 2.12. The third-order valence-corrected chi connectivity index (χ3v) is 3.04. The van der Waals surface area contributed by atoms with Crippen LogP contribution < -0.4 is 5.32 Å². The van der Waals surface area contributed by atoms with E-state index in [1.54, 1.807) is 12.1 Å². The standard InChI is InChI=1S/C14H20ClNO2/c1-4-5-10(2)9-16-13-7-6-11(15)8-12(13)14(17)18-3/h6-8,10,16H,4-5,9H2,1-3H3. The Bertz CT molecular complexity index is 407. The average Bonchev–Trinajstić information content (AvgIpc) is 2.36. The molecule has 4 heteroatoms. The topological polar surface area (TPSA) is 38.3 Å². The van der Waals surface area contributed by atoms with Gasteiger partial charge in [-0.3, -0.25) is 0 Å². The molecule has 0 spiro atoms. The Morgan fingerprint density at radius 1 is 1.50 bits per heavy atom. The Balaban J connectivity index is 2.78. The largest absolute Gasteiger partial charge is 0.465 e. The van der Waals surface area contributed by atoms with E-state index < -0.39 is 0 Å². The molecule has 0 bridgehead atoms. The molecule has 1 aromatic carbocycles. The molecule has 0 aliphatic carbocycles. The minimum atomic E-state index is -0.372. The number of nitrogens with one attached hydrogen (secondary N) is 1. The van der Waals surface area contributed by atoms with Gasteiger partial charge in [-0.05, 0) is 30.5 Å². The van der Waals surface area contributed by atoms with Gasteiger partial charge in [0.25, 0.3) is 0 Å². The molecule has 1 atom stereocenters. The van der Waals surface area contributed by atoms with Crippen molar-refractivity contribution in [3.05, 3.63) is 28.8 Å². The first-order valence-electron chi connectivity index (χ1n) is 6.20. The summed E-state index contributed by atoms with van der Waals surface area (Å²) in [6.45, 7) is 5.18. The number of rotatable bonds is 6. The van der Waals surface area contributed by atoms with E-state index in [1.165, 1.54) is 7.11 Å². The van der Waals surface area contributed by atoms with Gasteiger partial charge in [0, 0.05) is 17.3 Å². The first-order valence-corrected chi connectivity index (χ1v) is 6.58. The molecule has 1 N–H and O–H groups in total. The zero-order valence-corrected chi connectivity index (χ0v) is 11.9. The molecule has 0 saturated heterocycles. The molecule has 1 rings (SSSR count). The van der Waals surface area contributed by atoms with Gasteiger partial charge in [-0.1, -0.05) is 31.9 Å². The predicted molar refractivity (Wildman–Crippen MR) is 75.4 cm³/mol. The zero-order chi connectivity index (χ0) is 13.5. The lowest BCUT2D eigenvalue weighted by Gasteiger charge is -2.15. The number of esters is 1. The number of ether oxygens (including phenoxy) is 1. The van der Waals surface area contributed by atoms with Gasteiger partial charge < -0.3 is 10.1 Å². The molecule has 0 aliphatic rings. The van der Waals surface area contributed by atoms with E-state index in [0.717, 1.165) is 25.1 Å². The van der Waals surface area contributed by atoms with E-state index >= 15 is 0 Å². The van der Waals surface area contributed by atoms with E-state index in [2.05, 4.69) is 19.2 Å². The molecular weight excluding hydrogens is 250 g/mol. The van der Waals surface area contributed by atoms with Crippen LogP contribution >= 0.6 is 11.6 Å². The van der Waals surface area contributed by atoms with Gasteiger partial charge in [0.1, 0.15) is 0 Å². The molecule has 3 nitrogen and oxygen atoms in total. The van der Waals surface area contributed by atoms with Crippen molar-refractivity contribution in [2.24, 2.45) is 5.92 Å². The van der Waals surface area contributed by atoms with Crippen LogP contribution in [0.3, 0.4) is 0 Å². The van der Waals surface area contributed by atoms with E-state index in [9.17, 15) is 4.79 Å². The highest BCUT2D eigenvalue weighted by molar-refractivity contribution is 6.31. The van der Waals surface area contributed by atoms with Crippen molar-refractivity contribution >= 4 is 23.3 Å². The molecule has 100 valence electrons. The summed E-state index contributed by atoms with van der Waals surface area (Å²) >= 11 is 5.89. The summed E-state index contributed by atoms with van der Waals surface area (Å²) in [5, 5.41) is 3.81. The van der Waals surface area contributed by atoms with E-state index in [0.29, 0.717) is 16.5 Å². The summed E-state index contributed by atoms with van der Waals surface area (Å²) < 4.78 is 4.75. The van der Waals surface area contributed by atoms with Crippen molar-refractivity contribution in [2.45, 2.75) is 26.7 Å². The van der Waals surface area contributed by atoms with E-state index in [-0.39, 0.29) is 5.97 Å². The van der Waals surface area contributed by atoms with Gasteiger partial charge in [0.2, 0.25) is 0 Å². The second kappa shape index (κ2) is 7.27. The summed E-state index contributed by atoms with van der Waals surface area (Å²) in [5.74, 6) is 0.194. The van der Waals surface area contributed by atoms with Crippen molar-refractivity contribution in [1.82, 2.24) is 0 Å². The Morgan fingerprint density at radius 3 is 2.83 bits per heavy atom. The van der Waals surface area contributed by atoms with Crippen LogP contribution in [-0.2, 0) is 4.74 Å². The average molecular weight is 270 g/mol. The van der Waals surface area contributed by atoms with Gasteiger partial charge in [0.05, 0.1) is 12.7 Å². The summed E-state index contributed by atoms with van der Waals surface area (Å²) in [6.07, 6.45) is 2.32. The van der Waals surface area contributed by atoms with E-state index in [1.807, 2.05) is 6.07 Å². The number of hydrogen-bond donors (Lipinski definition) is 1. The highest BCUT2D eigenvalue weighted by atomic mass is 35.5. The third kappa shape index (κ3) is 4.22. The van der Waals surface area contributed by atoms with Gasteiger partial charge in [-0.15, -0.1) is 0 Å². The first kappa shape index (κ1) is 14.8. The maximum Gasteiger partial charge on any atom is 0.340 e. The number of carbonyl (C=O) groups is 1. The molecule has 1 aromatic rings. The number of hydrogen-bond acceptors (Lipinski definition) is 3. The van der Waals surface area contributed by atoms with Crippen molar-refractivity contribution in [1.29, 1.82) is 0 Å². The summed E-state index contributed by atoms with van der Waals surface area (Å²) in [6, 6.07) is 5.20. The molecule has 0 saturated carbocycles. The number of anilines is 1. The fourth-order valence-corrected chi connectivity index (χ4v) is 2.00. The molecule has 0 aromatic heterocycles. The van der Waals surface area contributed by atoms with Crippen LogP contribution in [0, 0.1) is 5.92 Å². The van der Waals surface area contributed by atoms with Gasteiger partial charge in [-0.2, -0.15) is 0 Å². The van der Waals surface area contributed by atoms with Gasteiger partial charge in [0.15, 0.2) is 0 Å². The predicted octanol–water partition coefficient (Wildman–Crippen LogP) is 3.97. The summed E-state index contributed by atoms with van der Waals surface area (Å²) in [4.78, 5) is 11.6. The van der Waals surface area contributed by atoms with Crippen LogP contribution in [-0.4, -0.2) is 19.6 Å². The Labute approximate surface area is 113 Å². The number of carbonyl (C=O) groups excluding carboxylic acids is 1. The van der Waals surface area contributed by atoms with Crippen molar-refractivity contribution in [3.8, 4) is 0 Å². The van der Waals surface area contributed by atoms with Crippen LogP contribution in [0.4, 0.5) is 5.69 Å². The van der Waals surface area contributed by atoms with Crippen LogP contribution in [0.2, 0.25) is 5.02 Å². The minimum Gasteiger partial charge on any atom is -0.465 e. The fourth-order valence-electron chi connectivity index (χ4n) is 1.83. The summed E-state index contributed by atoms with van der Waals surface area (Å²) in [5.41, 5.74) is 1.25. The van der Waals surface area contributed by atoms with Gasteiger partial charge in [-0.25, -0.2) is 4.79 Å². The molecule has 0 radical (unpaired) electrons. The fraction of sp³-hybridized carbons (Fsp3) is 0.500. The molecule has 0 heterocycles. The van der Waals surface area contributed by atoms with Crippen molar-refractivity contribution in [2.75, 3.05) is 19.0 Å². The monoisotopic (exact) mass is 269 g/mol. The quantitative estimate of drug-likeness (QED) is 0.794. The molecule has 0 fully saturated rings. The number of benzene rings is 1. The van der Waals surface area contributed by atoms with Crippen molar-refractivity contribution < 1.29 is 9.53 Å². The van der Waals surface area contributed by atoms with Crippen LogP contribution in [0.1, 0.15) is 37.0 Å². The zero-order valence-electron chi connectivity index (χ0n) is 11.1. The molecule has 18 heavy (non-hydrogen) atoms. The Morgan fingerprint density at radius 2 is 2.22 bits per heavy atom. The SMILES string of the molecule is CCCC(C)CNc1ccc(Cl)cc1C(=O)OC. The first-order chi connectivity index (χ1) is 8.58. The number of methoxy groups -OCH3 is 1.